The third kappa shape index (κ3) is 3.89. The molecule has 0 saturated heterocycles. The van der Waals surface area contributed by atoms with Crippen LogP contribution in [-0.4, -0.2) is 29.5 Å². The van der Waals surface area contributed by atoms with Crippen molar-refractivity contribution >= 4 is 0 Å². The van der Waals surface area contributed by atoms with Crippen LogP contribution in [-0.2, 0) is 6.54 Å². The number of hydrogen-bond donors (Lipinski definition) is 3. The van der Waals surface area contributed by atoms with E-state index in [2.05, 4.69) is 19.2 Å². The zero-order valence-corrected chi connectivity index (χ0v) is 11.4. The van der Waals surface area contributed by atoms with Gasteiger partial charge in [-0.25, -0.2) is 0 Å². The maximum atomic E-state index is 9.69. The summed E-state index contributed by atoms with van der Waals surface area (Å²) >= 11 is 0. The minimum absolute atomic E-state index is 0.0791. The van der Waals surface area contributed by atoms with Crippen molar-refractivity contribution in [2.75, 3.05) is 13.7 Å². The quantitative estimate of drug-likeness (QED) is 0.696. The van der Waals surface area contributed by atoms with E-state index in [0.29, 0.717) is 18.7 Å². The number of phenolic OH excluding ortho intramolecular Hbond substituents is 1. The molecule has 1 aromatic carbocycles. The second-order valence-electron chi connectivity index (χ2n) is 4.75. The highest BCUT2D eigenvalue weighted by Crippen LogP contribution is 2.26. The van der Waals surface area contributed by atoms with Gasteiger partial charge in [-0.1, -0.05) is 13.0 Å². The molecule has 0 bridgehead atoms. The lowest BCUT2D eigenvalue weighted by atomic mass is 9.94. The fourth-order valence-electron chi connectivity index (χ4n) is 1.80. The lowest BCUT2D eigenvalue weighted by Crippen LogP contribution is -2.42. The molecule has 1 rings (SSSR count). The van der Waals surface area contributed by atoms with Crippen molar-refractivity contribution in [1.82, 2.24) is 5.32 Å². The van der Waals surface area contributed by atoms with Gasteiger partial charge in [0.15, 0.2) is 11.5 Å². The van der Waals surface area contributed by atoms with Crippen molar-refractivity contribution in [3.8, 4) is 11.5 Å². The van der Waals surface area contributed by atoms with Crippen LogP contribution in [0.3, 0.4) is 0 Å². The molecule has 1 unspecified atom stereocenters. The van der Waals surface area contributed by atoms with Crippen LogP contribution in [0.4, 0.5) is 0 Å². The zero-order valence-electron chi connectivity index (χ0n) is 11.4. The van der Waals surface area contributed by atoms with Crippen molar-refractivity contribution in [3.63, 3.8) is 0 Å². The lowest BCUT2D eigenvalue weighted by Gasteiger charge is -2.29. The number of methoxy groups -OCH3 is 1. The van der Waals surface area contributed by atoms with E-state index < -0.39 is 0 Å². The number of benzene rings is 1. The SMILES string of the molecule is CCC(C)(CCO)NCc1ccc(OC)c(O)c1. The molecule has 1 aromatic rings. The predicted octanol–water partition coefficient (Wildman–Crippen LogP) is 2.04. The Morgan fingerprint density at radius 3 is 2.61 bits per heavy atom. The molecule has 1 atom stereocenters. The highest BCUT2D eigenvalue weighted by molar-refractivity contribution is 5.41. The lowest BCUT2D eigenvalue weighted by molar-refractivity contribution is 0.214. The summed E-state index contributed by atoms with van der Waals surface area (Å²) in [5.41, 5.74) is 0.913. The van der Waals surface area contributed by atoms with Crippen LogP contribution in [0.15, 0.2) is 18.2 Å². The summed E-state index contributed by atoms with van der Waals surface area (Å²) in [4.78, 5) is 0. The van der Waals surface area contributed by atoms with Gasteiger partial charge in [-0.3, -0.25) is 0 Å². The van der Waals surface area contributed by atoms with Crippen LogP contribution in [0.25, 0.3) is 0 Å². The van der Waals surface area contributed by atoms with Gasteiger partial charge < -0.3 is 20.3 Å². The van der Waals surface area contributed by atoms with Crippen LogP contribution in [0.1, 0.15) is 32.3 Å². The van der Waals surface area contributed by atoms with Gasteiger partial charge in [-0.05, 0) is 37.5 Å². The fraction of sp³-hybridized carbons (Fsp3) is 0.571. The molecule has 18 heavy (non-hydrogen) atoms. The van der Waals surface area contributed by atoms with E-state index in [0.717, 1.165) is 12.0 Å². The third-order valence-electron chi connectivity index (χ3n) is 3.41. The first kappa shape index (κ1) is 14.8. The molecule has 4 nitrogen and oxygen atoms in total. The highest BCUT2D eigenvalue weighted by Gasteiger charge is 2.20. The summed E-state index contributed by atoms with van der Waals surface area (Å²) in [6, 6.07) is 5.36. The number of hydrogen-bond acceptors (Lipinski definition) is 4. The molecule has 0 aliphatic heterocycles. The van der Waals surface area contributed by atoms with Crippen molar-refractivity contribution < 1.29 is 14.9 Å². The Hall–Kier alpha value is -1.26. The van der Waals surface area contributed by atoms with Gasteiger partial charge in [0.2, 0.25) is 0 Å². The van der Waals surface area contributed by atoms with Crippen LogP contribution >= 0.6 is 0 Å². The molecule has 4 heteroatoms. The number of nitrogens with one attached hydrogen (secondary N) is 1. The average Bonchev–Trinajstić information content (AvgIpc) is 2.37. The molecule has 0 radical (unpaired) electrons. The number of phenols is 1. The van der Waals surface area contributed by atoms with Crippen molar-refractivity contribution in [2.45, 2.75) is 38.8 Å². The highest BCUT2D eigenvalue weighted by atomic mass is 16.5. The molecule has 0 fully saturated rings. The molecule has 0 spiro atoms. The van der Waals surface area contributed by atoms with Crippen molar-refractivity contribution in [1.29, 1.82) is 0 Å². The van der Waals surface area contributed by atoms with Gasteiger partial charge in [0.25, 0.3) is 0 Å². The van der Waals surface area contributed by atoms with Gasteiger partial charge in [0, 0.05) is 18.7 Å². The summed E-state index contributed by atoms with van der Waals surface area (Å²) in [6.07, 6.45) is 1.65. The molecule has 0 amide bonds. The van der Waals surface area contributed by atoms with Gasteiger partial charge in [0.05, 0.1) is 7.11 Å². The molecule has 0 aromatic heterocycles. The first-order valence-corrected chi connectivity index (χ1v) is 6.26. The Labute approximate surface area is 109 Å². The Bertz CT molecular complexity index is 381. The zero-order chi connectivity index (χ0) is 13.6. The Kier molecular flexibility index (Phi) is 5.44. The van der Waals surface area contributed by atoms with Crippen LogP contribution in [0.5, 0.6) is 11.5 Å². The van der Waals surface area contributed by atoms with Crippen LogP contribution in [0.2, 0.25) is 0 Å². The topological polar surface area (TPSA) is 61.7 Å². The van der Waals surface area contributed by atoms with E-state index in [4.69, 9.17) is 9.84 Å². The van der Waals surface area contributed by atoms with E-state index in [9.17, 15) is 5.11 Å². The van der Waals surface area contributed by atoms with Crippen molar-refractivity contribution in [2.24, 2.45) is 0 Å². The molecular formula is C14H23NO3. The molecule has 3 N–H and O–H groups in total. The molecule has 0 aliphatic carbocycles. The molecule has 102 valence electrons. The van der Waals surface area contributed by atoms with Gasteiger partial charge in [-0.15, -0.1) is 0 Å². The minimum atomic E-state index is -0.0791. The molecular weight excluding hydrogens is 230 g/mol. The maximum absolute atomic E-state index is 9.69. The second kappa shape index (κ2) is 6.61. The number of ether oxygens (including phenoxy) is 1. The smallest absolute Gasteiger partial charge is 0.160 e. The van der Waals surface area contributed by atoms with E-state index in [1.54, 1.807) is 12.1 Å². The fourth-order valence-corrected chi connectivity index (χ4v) is 1.80. The molecule has 0 heterocycles. The van der Waals surface area contributed by atoms with Gasteiger partial charge >= 0.3 is 0 Å². The second-order valence-corrected chi connectivity index (χ2v) is 4.75. The summed E-state index contributed by atoms with van der Waals surface area (Å²) in [7, 11) is 1.53. The number of aliphatic hydroxyl groups excluding tert-OH is 1. The Morgan fingerprint density at radius 1 is 1.39 bits per heavy atom. The first-order valence-electron chi connectivity index (χ1n) is 6.26. The normalized spacial score (nSPS) is 14.2. The van der Waals surface area contributed by atoms with E-state index in [1.807, 2.05) is 6.07 Å². The monoisotopic (exact) mass is 253 g/mol. The summed E-state index contributed by atoms with van der Waals surface area (Å²) in [6.45, 7) is 5.01. The van der Waals surface area contributed by atoms with Crippen LogP contribution < -0.4 is 10.1 Å². The number of aliphatic hydroxyl groups is 1. The minimum Gasteiger partial charge on any atom is -0.504 e. The summed E-state index contributed by atoms with van der Waals surface area (Å²) in [5, 5.41) is 22.2. The van der Waals surface area contributed by atoms with Gasteiger partial charge in [0.1, 0.15) is 0 Å². The van der Waals surface area contributed by atoms with Crippen LogP contribution in [0, 0.1) is 0 Å². The number of aromatic hydroxyl groups is 1. The van der Waals surface area contributed by atoms with Crippen molar-refractivity contribution in [3.05, 3.63) is 23.8 Å². The third-order valence-corrected chi connectivity index (χ3v) is 3.41. The van der Waals surface area contributed by atoms with E-state index >= 15 is 0 Å². The Morgan fingerprint density at radius 2 is 2.11 bits per heavy atom. The number of rotatable bonds is 7. The summed E-state index contributed by atoms with van der Waals surface area (Å²) in [5.74, 6) is 0.629. The predicted molar refractivity (Wildman–Crippen MR) is 71.9 cm³/mol. The largest absolute Gasteiger partial charge is 0.504 e. The Balaban J connectivity index is 2.65. The van der Waals surface area contributed by atoms with E-state index in [-0.39, 0.29) is 17.9 Å². The van der Waals surface area contributed by atoms with Gasteiger partial charge in [-0.2, -0.15) is 0 Å². The summed E-state index contributed by atoms with van der Waals surface area (Å²) < 4.78 is 5.00. The molecule has 0 saturated carbocycles. The standard InChI is InChI=1S/C14H23NO3/c1-4-14(2,7-8-16)15-10-11-5-6-13(18-3)12(17)9-11/h5-6,9,15-17H,4,7-8,10H2,1-3H3. The van der Waals surface area contributed by atoms with E-state index in [1.165, 1.54) is 7.11 Å². The first-order chi connectivity index (χ1) is 8.54. The maximum Gasteiger partial charge on any atom is 0.160 e. The molecule has 0 aliphatic rings. The average molecular weight is 253 g/mol.